The highest BCUT2D eigenvalue weighted by Crippen LogP contribution is 2.18. The summed E-state index contributed by atoms with van der Waals surface area (Å²) in [5.41, 5.74) is 2.77. The number of benzene rings is 1. The summed E-state index contributed by atoms with van der Waals surface area (Å²) in [5, 5.41) is 3.45. The minimum Gasteiger partial charge on any atom is -0.352 e. The fourth-order valence-corrected chi connectivity index (χ4v) is 3.22. The van der Waals surface area contributed by atoms with Crippen molar-refractivity contribution in [1.82, 2.24) is 15.1 Å². The van der Waals surface area contributed by atoms with Crippen molar-refractivity contribution in [1.29, 1.82) is 0 Å². The van der Waals surface area contributed by atoms with Crippen LogP contribution < -0.4 is 5.32 Å². The molecule has 1 aromatic carbocycles. The maximum atomic E-state index is 4.48. The molecule has 1 aromatic rings. The van der Waals surface area contributed by atoms with E-state index in [1.54, 1.807) is 0 Å². The van der Waals surface area contributed by atoms with Crippen molar-refractivity contribution in [3.63, 3.8) is 0 Å². The van der Waals surface area contributed by atoms with Crippen LogP contribution in [0.5, 0.6) is 0 Å². The first-order valence-electron chi connectivity index (χ1n) is 8.50. The molecule has 0 saturated carbocycles. The third kappa shape index (κ3) is 5.35. The highest BCUT2D eigenvalue weighted by molar-refractivity contribution is 14.0. The van der Waals surface area contributed by atoms with Crippen molar-refractivity contribution in [3.05, 3.63) is 35.4 Å². The molecule has 1 N–H and O–H groups in total. The Labute approximate surface area is 157 Å². The molecule has 23 heavy (non-hydrogen) atoms. The zero-order valence-corrected chi connectivity index (χ0v) is 16.6. The summed E-state index contributed by atoms with van der Waals surface area (Å²) in [6.07, 6.45) is 2.68. The van der Waals surface area contributed by atoms with Crippen molar-refractivity contribution >= 4 is 29.9 Å². The first-order valence-corrected chi connectivity index (χ1v) is 8.50. The highest BCUT2D eigenvalue weighted by atomic mass is 127. The minimum absolute atomic E-state index is 0. The predicted molar refractivity (Wildman–Crippen MR) is 107 cm³/mol. The van der Waals surface area contributed by atoms with Gasteiger partial charge in [-0.2, -0.15) is 0 Å². The molecule has 0 atom stereocenters. The van der Waals surface area contributed by atoms with Gasteiger partial charge in [-0.3, -0.25) is 9.89 Å². The third-order valence-corrected chi connectivity index (χ3v) is 4.78. The van der Waals surface area contributed by atoms with Crippen LogP contribution in [0, 0.1) is 5.92 Å². The molecule has 0 aromatic heterocycles. The zero-order valence-electron chi connectivity index (χ0n) is 14.3. The lowest BCUT2D eigenvalue weighted by atomic mass is 9.98. The number of rotatable bonds is 4. The van der Waals surface area contributed by atoms with E-state index in [0.717, 1.165) is 38.1 Å². The van der Waals surface area contributed by atoms with Gasteiger partial charge in [-0.25, -0.2) is 0 Å². The molecule has 2 heterocycles. The Kier molecular flexibility index (Phi) is 7.14. The van der Waals surface area contributed by atoms with E-state index in [0.29, 0.717) is 0 Å². The van der Waals surface area contributed by atoms with Gasteiger partial charge in [0.25, 0.3) is 0 Å². The lowest BCUT2D eigenvalue weighted by Gasteiger charge is -2.30. The molecule has 3 rings (SSSR count). The van der Waals surface area contributed by atoms with Gasteiger partial charge in [0, 0.05) is 26.7 Å². The van der Waals surface area contributed by atoms with Gasteiger partial charge in [0.15, 0.2) is 5.96 Å². The van der Waals surface area contributed by atoms with E-state index in [9.17, 15) is 0 Å². The van der Waals surface area contributed by atoms with E-state index in [1.807, 2.05) is 0 Å². The Balaban J connectivity index is 0.00000192. The molecule has 2 aliphatic heterocycles. The van der Waals surface area contributed by atoms with Gasteiger partial charge in [0.05, 0.1) is 6.54 Å². The van der Waals surface area contributed by atoms with Gasteiger partial charge >= 0.3 is 0 Å². The summed E-state index contributed by atoms with van der Waals surface area (Å²) < 4.78 is 0. The first-order chi connectivity index (χ1) is 10.7. The van der Waals surface area contributed by atoms with E-state index in [4.69, 9.17) is 0 Å². The third-order valence-electron chi connectivity index (χ3n) is 4.78. The topological polar surface area (TPSA) is 30.9 Å². The van der Waals surface area contributed by atoms with Crippen LogP contribution in [0.15, 0.2) is 29.3 Å². The second-order valence-corrected chi connectivity index (χ2v) is 6.76. The Morgan fingerprint density at radius 1 is 1.17 bits per heavy atom. The van der Waals surface area contributed by atoms with Gasteiger partial charge in [0.2, 0.25) is 0 Å². The largest absolute Gasteiger partial charge is 0.352 e. The van der Waals surface area contributed by atoms with E-state index < -0.39 is 0 Å². The van der Waals surface area contributed by atoms with Crippen molar-refractivity contribution < 1.29 is 0 Å². The fraction of sp³-hybridized carbons (Fsp3) is 0.611. The van der Waals surface area contributed by atoms with Gasteiger partial charge in [0.1, 0.15) is 0 Å². The normalized spacial score (nSPS) is 19.4. The average molecular weight is 428 g/mol. The molecule has 128 valence electrons. The maximum absolute atomic E-state index is 4.48. The lowest BCUT2D eigenvalue weighted by molar-refractivity contribution is 0.185. The number of likely N-dealkylation sites (N-methyl/N-ethyl adjacent to an activating group) is 1. The molecule has 0 amide bonds. The van der Waals surface area contributed by atoms with Crippen molar-refractivity contribution in [2.75, 3.05) is 33.2 Å². The predicted octanol–water partition coefficient (Wildman–Crippen LogP) is 2.93. The minimum atomic E-state index is 0. The number of aliphatic imine (C=N–C) groups is 1. The quantitative estimate of drug-likeness (QED) is 0.749. The molecule has 2 aliphatic rings. The summed E-state index contributed by atoms with van der Waals surface area (Å²) in [6, 6.07) is 8.96. The number of piperidine rings is 1. The Morgan fingerprint density at radius 2 is 1.91 bits per heavy atom. The summed E-state index contributed by atoms with van der Waals surface area (Å²) in [7, 11) is 2.09. The zero-order chi connectivity index (χ0) is 15.4. The van der Waals surface area contributed by atoms with E-state index >= 15 is 0 Å². The van der Waals surface area contributed by atoms with Crippen LogP contribution in [0.2, 0.25) is 0 Å². The standard InChI is InChI=1S/C18H28N4.HI/c1-15-6-9-22(10-7-15)14-17-5-3-4-16(12-17)13-20-18-19-8-11-21(18)2;/h3-5,12,15H,6-11,13-14H2,1-2H3,(H,19,20);1H. The maximum Gasteiger partial charge on any atom is 0.194 e. The van der Waals surface area contributed by atoms with Crippen molar-refractivity contribution in [2.24, 2.45) is 10.9 Å². The number of nitrogens with zero attached hydrogens (tertiary/aromatic N) is 3. The number of hydrogen-bond acceptors (Lipinski definition) is 4. The van der Waals surface area contributed by atoms with Crippen LogP contribution in [-0.2, 0) is 13.1 Å². The lowest BCUT2D eigenvalue weighted by Crippen LogP contribution is -2.35. The van der Waals surface area contributed by atoms with Crippen LogP contribution in [-0.4, -0.2) is 49.0 Å². The molecule has 1 fully saturated rings. The van der Waals surface area contributed by atoms with Gasteiger partial charge in [-0.15, -0.1) is 24.0 Å². The number of nitrogens with one attached hydrogen (secondary N) is 1. The molecule has 4 nitrogen and oxygen atoms in total. The summed E-state index contributed by atoms with van der Waals surface area (Å²) in [4.78, 5) is 9.24. The molecule has 0 bridgehead atoms. The molecule has 0 unspecified atom stereocenters. The second-order valence-electron chi connectivity index (χ2n) is 6.76. The van der Waals surface area contributed by atoms with Crippen LogP contribution in [0.3, 0.4) is 0 Å². The van der Waals surface area contributed by atoms with Gasteiger partial charge < -0.3 is 10.2 Å². The Morgan fingerprint density at radius 3 is 2.61 bits per heavy atom. The number of likely N-dealkylation sites (tertiary alicyclic amines) is 1. The van der Waals surface area contributed by atoms with E-state index in [1.165, 1.54) is 37.1 Å². The molecule has 1 saturated heterocycles. The van der Waals surface area contributed by atoms with Gasteiger partial charge in [-0.05, 0) is 43.0 Å². The summed E-state index contributed by atoms with van der Waals surface area (Å²) >= 11 is 0. The molecule has 0 spiro atoms. The molecular formula is C18H29IN4. The van der Waals surface area contributed by atoms with Crippen LogP contribution in [0.25, 0.3) is 0 Å². The smallest absolute Gasteiger partial charge is 0.194 e. The molecule has 0 radical (unpaired) electrons. The second kappa shape index (κ2) is 8.87. The Hall–Kier alpha value is -0.820. The first kappa shape index (κ1) is 18.5. The van der Waals surface area contributed by atoms with Crippen molar-refractivity contribution in [2.45, 2.75) is 32.9 Å². The summed E-state index contributed by atoms with van der Waals surface area (Å²) in [5.74, 6) is 1.92. The number of guanidine groups is 1. The Bertz CT molecular complexity index is 524. The molecule has 0 aliphatic carbocycles. The summed E-state index contributed by atoms with van der Waals surface area (Å²) in [6.45, 7) is 8.72. The van der Waals surface area contributed by atoms with Crippen molar-refractivity contribution in [3.8, 4) is 0 Å². The van der Waals surface area contributed by atoms with Gasteiger partial charge in [-0.1, -0.05) is 31.2 Å². The average Bonchev–Trinajstić information content (AvgIpc) is 2.93. The van der Waals surface area contributed by atoms with Crippen LogP contribution >= 0.6 is 24.0 Å². The monoisotopic (exact) mass is 428 g/mol. The van der Waals surface area contributed by atoms with E-state index in [-0.39, 0.29) is 24.0 Å². The van der Waals surface area contributed by atoms with Crippen LogP contribution in [0.4, 0.5) is 0 Å². The highest BCUT2D eigenvalue weighted by Gasteiger charge is 2.16. The molecular weight excluding hydrogens is 399 g/mol. The SMILES string of the molecule is CC1CCN(Cc2cccc(CNC3=NCCN3C)c2)CC1.I. The van der Waals surface area contributed by atoms with E-state index in [2.05, 4.69) is 58.3 Å². The number of hydrogen-bond donors (Lipinski definition) is 1. The van der Waals surface area contributed by atoms with Crippen LogP contribution in [0.1, 0.15) is 30.9 Å². The molecule has 5 heteroatoms. The number of halogens is 1. The fourth-order valence-electron chi connectivity index (χ4n) is 3.22.